The number of rotatable bonds is 6. The van der Waals surface area contributed by atoms with Crippen molar-refractivity contribution < 1.29 is 17.6 Å². The summed E-state index contributed by atoms with van der Waals surface area (Å²) in [5.74, 6) is -0.944. The number of fused-ring (bicyclic) bond motifs is 1. The summed E-state index contributed by atoms with van der Waals surface area (Å²) >= 11 is 0. The molecule has 9 heteroatoms. The highest BCUT2D eigenvalue weighted by molar-refractivity contribution is 7.92. The monoisotopic (exact) mass is 373 g/mol. The maximum atomic E-state index is 12.5. The molecule has 0 aliphatic carbocycles. The van der Waals surface area contributed by atoms with Crippen LogP contribution >= 0.6 is 0 Å². The third-order valence-electron chi connectivity index (χ3n) is 3.51. The zero-order chi connectivity index (χ0) is 18.7. The standard InChI is InChI=1S/C17H15N3O5S/c1-2-9-18-16(21)11-3-5-12(6-4-11)20-26(23,24)13-7-8-14-15(10-13)25-17(22)19-14/h2-8,10,20H,1,9H2,(H,18,21)(H,19,22). The smallest absolute Gasteiger partial charge is 0.408 e. The Hall–Kier alpha value is -3.33. The molecule has 3 rings (SSSR count). The van der Waals surface area contributed by atoms with Gasteiger partial charge in [-0.3, -0.25) is 14.5 Å². The van der Waals surface area contributed by atoms with E-state index in [9.17, 15) is 18.0 Å². The zero-order valence-electron chi connectivity index (χ0n) is 13.5. The number of H-pyrrole nitrogens is 1. The van der Waals surface area contributed by atoms with E-state index in [0.29, 0.717) is 23.3 Å². The summed E-state index contributed by atoms with van der Waals surface area (Å²) in [5.41, 5.74) is 1.24. The normalized spacial score (nSPS) is 11.2. The molecule has 1 aromatic heterocycles. The molecule has 8 nitrogen and oxygen atoms in total. The van der Waals surface area contributed by atoms with Crippen LogP contribution in [0.15, 0.2) is 69.2 Å². The lowest BCUT2D eigenvalue weighted by atomic mass is 10.2. The second-order valence-electron chi connectivity index (χ2n) is 5.35. The van der Waals surface area contributed by atoms with Gasteiger partial charge in [0.15, 0.2) is 5.58 Å². The van der Waals surface area contributed by atoms with Gasteiger partial charge in [-0.2, -0.15) is 0 Å². The fourth-order valence-electron chi connectivity index (χ4n) is 2.26. The Balaban J connectivity index is 1.80. The van der Waals surface area contributed by atoms with Crippen LogP contribution in [0.2, 0.25) is 0 Å². The van der Waals surface area contributed by atoms with E-state index in [1.807, 2.05) is 0 Å². The van der Waals surface area contributed by atoms with Crippen molar-refractivity contribution in [3.63, 3.8) is 0 Å². The molecule has 3 N–H and O–H groups in total. The summed E-state index contributed by atoms with van der Waals surface area (Å²) in [7, 11) is -3.88. The first-order valence-electron chi connectivity index (χ1n) is 7.54. The number of amides is 1. The number of carbonyl (C=O) groups is 1. The van der Waals surface area contributed by atoms with E-state index in [2.05, 4.69) is 21.6 Å². The van der Waals surface area contributed by atoms with E-state index in [0.717, 1.165) is 0 Å². The van der Waals surface area contributed by atoms with Gasteiger partial charge in [-0.1, -0.05) is 6.08 Å². The number of aromatic nitrogens is 1. The van der Waals surface area contributed by atoms with Crippen LogP contribution in [0.3, 0.4) is 0 Å². The first-order valence-corrected chi connectivity index (χ1v) is 9.02. The Morgan fingerprint density at radius 3 is 2.62 bits per heavy atom. The molecule has 134 valence electrons. The lowest BCUT2D eigenvalue weighted by molar-refractivity contribution is 0.0958. The number of oxazole rings is 1. The van der Waals surface area contributed by atoms with Crippen LogP contribution in [-0.4, -0.2) is 25.9 Å². The van der Waals surface area contributed by atoms with E-state index in [-0.39, 0.29) is 16.4 Å². The van der Waals surface area contributed by atoms with Gasteiger partial charge < -0.3 is 9.73 Å². The number of nitrogens with one attached hydrogen (secondary N) is 3. The van der Waals surface area contributed by atoms with Gasteiger partial charge in [0.25, 0.3) is 15.9 Å². The van der Waals surface area contributed by atoms with Gasteiger partial charge >= 0.3 is 5.76 Å². The van der Waals surface area contributed by atoms with Crippen LogP contribution in [0.25, 0.3) is 11.1 Å². The molecule has 0 saturated carbocycles. The van der Waals surface area contributed by atoms with E-state index < -0.39 is 15.8 Å². The Morgan fingerprint density at radius 2 is 1.92 bits per heavy atom. The molecule has 0 fully saturated rings. The number of anilines is 1. The first kappa shape index (κ1) is 17.5. The molecule has 0 saturated heterocycles. The van der Waals surface area contributed by atoms with E-state index >= 15 is 0 Å². The Kier molecular flexibility index (Phi) is 4.63. The topological polar surface area (TPSA) is 121 Å². The van der Waals surface area contributed by atoms with Crippen molar-refractivity contribution in [3.05, 3.63) is 71.2 Å². The van der Waals surface area contributed by atoms with Crippen molar-refractivity contribution in [2.24, 2.45) is 0 Å². The summed E-state index contributed by atoms with van der Waals surface area (Å²) in [6.45, 7) is 3.85. The largest absolute Gasteiger partial charge is 0.417 e. The lowest BCUT2D eigenvalue weighted by Crippen LogP contribution is -2.23. The number of sulfonamides is 1. The van der Waals surface area contributed by atoms with Crippen molar-refractivity contribution in [2.45, 2.75) is 4.90 Å². The molecule has 0 bridgehead atoms. The molecule has 2 aromatic carbocycles. The van der Waals surface area contributed by atoms with Crippen molar-refractivity contribution in [1.29, 1.82) is 0 Å². The number of hydrogen-bond donors (Lipinski definition) is 3. The minimum absolute atomic E-state index is 0.0550. The maximum absolute atomic E-state index is 12.5. The van der Waals surface area contributed by atoms with Gasteiger partial charge in [-0.15, -0.1) is 6.58 Å². The molecule has 26 heavy (non-hydrogen) atoms. The van der Waals surface area contributed by atoms with Gasteiger partial charge in [0, 0.05) is 23.9 Å². The van der Waals surface area contributed by atoms with Gasteiger partial charge in [0.2, 0.25) is 0 Å². The van der Waals surface area contributed by atoms with E-state index in [4.69, 9.17) is 4.42 Å². The van der Waals surface area contributed by atoms with E-state index in [1.165, 1.54) is 42.5 Å². The molecular formula is C17H15N3O5S. The summed E-state index contributed by atoms with van der Waals surface area (Å²) < 4.78 is 32.2. The highest BCUT2D eigenvalue weighted by Gasteiger charge is 2.16. The van der Waals surface area contributed by atoms with Crippen LogP contribution in [0.4, 0.5) is 5.69 Å². The van der Waals surface area contributed by atoms with E-state index in [1.54, 1.807) is 6.08 Å². The second-order valence-corrected chi connectivity index (χ2v) is 7.04. The van der Waals surface area contributed by atoms with Gasteiger partial charge in [-0.05, 0) is 36.4 Å². The highest BCUT2D eigenvalue weighted by atomic mass is 32.2. The highest BCUT2D eigenvalue weighted by Crippen LogP contribution is 2.20. The van der Waals surface area contributed by atoms with Gasteiger partial charge in [0.05, 0.1) is 10.4 Å². The fraction of sp³-hybridized carbons (Fsp3) is 0.0588. The predicted octanol–water partition coefficient (Wildman–Crippen LogP) is 1.84. The predicted molar refractivity (Wildman–Crippen MR) is 96.6 cm³/mol. The quantitative estimate of drug-likeness (QED) is 0.569. The molecule has 0 radical (unpaired) electrons. The van der Waals surface area contributed by atoms with Crippen LogP contribution < -0.4 is 15.8 Å². The average Bonchev–Trinajstić information content (AvgIpc) is 2.99. The van der Waals surface area contributed by atoms with Gasteiger partial charge in [0.1, 0.15) is 0 Å². The van der Waals surface area contributed by atoms with Crippen molar-refractivity contribution in [3.8, 4) is 0 Å². The molecule has 0 unspecified atom stereocenters. The first-order chi connectivity index (χ1) is 12.4. The molecule has 0 spiro atoms. The average molecular weight is 373 g/mol. The molecular weight excluding hydrogens is 358 g/mol. The number of benzene rings is 2. The zero-order valence-corrected chi connectivity index (χ0v) is 14.3. The second kappa shape index (κ2) is 6.89. The molecule has 1 heterocycles. The number of carbonyl (C=O) groups excluding carboxylic acids is 1. The molecule has 0 aliphatic rings. The summed E-state index contributed by atoms with van der Waals surface area (Å²) in [5, 5.41) is 2.63. The minimum Gasteiger partial charge on any atom is -0.408 e. The van der Waals surface area contributed by atoms with Crippen LogP contribution in [0, 0.1) is 0 Å². The van der Waals surface area contributed by atoms with Crippen molar-refractivity contribution in [1.82, 2.24) is 10.3 Å². The Labute approximate surface area is 148 Å². The molecule has 1 amide bonds. The summed E-state index contributed by atoms with van der Waals surface area (Å²) in [4.78, 5) is 25.4. The van der Waals surface area contributed by atoms with Crippen LogP contribution in [0.5, 0.6) is 0 Å². The molecule has 3 aromatic rings. The van der Waals surface area contributed by atoms with Crippen molar-refractivity contribution >= 4 is 32.7 Å². The molecule has 0 aliphatic heterocycles. The summed E-state index contributed by atoms with van der Waals surface area (Å²) in [6.07, 6.45) is 1.56. The molecule has 0 atom stereocenters. The third kappa shape index (κ3) is 3.67. The maximum Gasteiger partial charge on any atom is 0.417 e. The van der Waals surface area contributed by atoms with Crippen LogP contribution in [0.1, 0.15) is 10.4 Å². The Morgan fingerprint density at radius 1 is 1.19 bits per heavy atom. The summed E-state index contributed by atoms with van der Waals surface area (Å²) in [6, 6.07) is 10.0. The lowest BCUT2D eigenvalue weighted by Gasteiger charge is -2.09. The Bertz CT molecular complexity index is 1130. The third-order valence-corrected chi connectivity index (χ3v) is 4.89. The number of aromatic amines is 1. The SMILES string of the molecule is C=CCNC(=O)c1ccc(NS(=O)(=O)c2ccc3[nH]c(=O)oc3c2)cc1. The van der Waals surface area contributed by atoms with Crippen LogP contribution in [-0.2, 0) is 10.0 Å². The van der Waals surface area contributed by atoms with Crippen molar-refractivity contribution in [2.75, 3.05) is 11.3 Å². The number of hydrogen-bond acceptors (Lipinski definition) is 5. The van der Waals surface area contributed by atoms with Gasteiger partial charge in [-0.25, -0.2) is 13.2 Å². The fourth-order valence-corrected chi connectivity index (χ4v) is 3.34. The minimum atomic E-state index is -3.88.